The highest BCUT2D eigenvalue weighted by atomic mass is 32.2. The largest absolute Gasteiger partial charge is 0.394 e. The average Bonchev–Trinajstić information content (AvgIpc) is 2.54. The zero-order valence-corrected chi connectivity index (χ0v) is 13.0. The van der Waals surface area contributed by atoms with Gasteiger partial charge < -0.3 is 10.0 Å². The SMILES string of the molecule is CNS(=O)(=O)c1ccc(N2CCCCC2CO)c([N+](=O)[O-])c1. The second-order valence-electron chi connectivity index (χ2n) is 5.14. The third-order valence-corrected chi connectivity index (χ3v) is 5.28. The van der Waals surface area contributed by atoms with E-state index in [0.717, 1.165) is 25.3 Å². The minimum Gasteiger partial charge on any atom is -0.394 e. The van der Waals surface area contributed by atoms with Gasteiger partial charge in [-0.05, 0) is 38.4 Å². The van der Waals surface area contributed by atoms with E-state index in [9.17, 15) is 23.6 Å². The average molecular weight is 329 g/mol. The lowest BCUT2D eigenvalue weighted by Gasteiger charge is -2.36. The van der Waals surface area contributed by atoms with Gasteiger partial charge in [0.25, 0.3) is 5.69 Å². The molecule has 1 heterocycles. The molecule has 9 heteroatoms. The summed E-state index contributed by atoms with van der Waals surface area (Å²) in [5, 5.41) is 20.8. The molecule has 2 N–H and O–H groups in total. The van der Waals surface area contributed by atoms with Gasteiger partial charge in [0.05, 0.1) is 22.5 Å². The Morgan fingerprint density at radius 1 is 1.45 bits per heavy atom. The number of aliphatic hydroxyl groups is 1. The van der Waals surface area contributed by atoms with Gasteiger partial charge in [-0.2, -0.15) is 0 Å². The van der Waals surface area contributed by atoms with Crippen molar-refractivity contribution >= 4 is 21.4 Å². The molecule has 8 nitrogen and oxygen atoms in total. The maximum Gasteiger partial charge on any atom is 0.293 e. The van der Waals surface area contributed by atoms with Crippen molar-refractivity contribution in [3.8, 4) is 0 Å². The number of aliphatic hydroxyl groups excluding tert-OH is 1. The highest BCUT2D eigenvalue weighted by molar-refractivity contribution is 7.89. The predicted molar refractivity (Wildman–Crippen MR) is 81.4 cm³/mol. The fraction of sp³-hybridized carbons (Fsp3) is 0.538. The number of hydrogen-bond acceptors (Lipinski definition) is 6. The van der Waals surface area contributed by atoms with E-state index in [2.05, 4.69) is 4.72 Å². The van der Waals surface area contributed by atoms with Crippen LogP contribution in [0.5, 0.6) is 0 Å². The molecular formula is C13H19N3O5S. The highest BCUT2D eigenvalue weighted by Gasteiger charge is 2.29. The highest BCUT2D eigenvalue weighted by Crippen LogP contribution is 2.34. The Kier molecular flexibility index (Phi) is 4.99. The number of benzene rings is 1. The molecule has 2 rings (SSSR count). The first kappa shape index (κ1) is 16.7. The van der Waals surface area contributed by atoms with Crippen molar-refractivity contribution in [1.82, 2.24) is 4.72 Å². The van der Waals surface area contributed by atoms with Crippen LogP contribution in [-0.4, -0.2) is 44.7 Å². The van der Waals surface area contributed by atoms with Crippen LogP contribution in [0.2, 0.25) is 0 Å². The first-order valence-electron chi connectivity index (χ1n) is 7.00. The van der Waals surface area contributed by atoms with Crippen LogP contribution in [0.1, 0.15) is 19.3 Å². The van der Waals surface area contributed by atoms with Crippen molar-refractivity contribution in [1.29, 1.82) is 0 Å². The van der Waals surface area contributed by atoms with E-state index in [-0.39, 0.29) is 23.2 Å². The van der Waals surface area contributed by atoms with Crippen molar-refractivity contribution in [3.05, 3.63) is 28.3 Å². The Morgan fingerprint density at radius 2 is 2.18 bits per heavy atom. The standard InChI is InChI=1S/C13H19N3O5S/c1-14-22(20,21)11-5-6-12(13(8-11)16(18)19)15-7-3-2-4-10(15)9-17/h5-6,8,10,14,17H,2-4,7,9H2,1H3. The van der Waals surface area contributed by atoms with Crippen LogP contribution in [0.15, 0.2) is 23.1 Å². The van der Waals surface area contributed by atoms with Gasteiger partial charge >= 0.3 is 0 Å². The van der Waals surface area contributed by atoms with Gasteiger partial charge in [0.2, 0.25) is 10.0 Å². The lowest BCUT2D eigenvalue weighted by atomic mass is 10.0. The van der Waals surface area contributed by atoms with E-state index < -0.39 is 14.9 Å². The molecule has 0 aromatic heterocycles. The lowest BCUT2D eigenvalue weighted by Crippen LogP contribution is -2.42. The Balaban J connectivity index is 2.50. The molecule has 1 aromatic rings. The summed E-state index contributed by atoms with van der Waals surface area (Å²) >= 11 is 0. The second-order valence-corrected chi connectivity index (χ2v) is 7.03. The van der Waals surface area contributed by atoms with Gasteiger partial charge in [0.15, 0.2) is 0 Å². The fourth-order valence-corrected chi connectivity index (χ4v) is 3.43. The predicted octanol–water partition coefficient (Wildman–Crippen LogP) is 0.854. The normalized spacial score (nSPS) is 19.2. The monoisotopic (exact) mass is 329 g/mol. The minimum absolute atomic E-state index is 0.0896. The lowest BCUT2D eigenvalue weighted by molar-refractivity contribution is -0.384. The van der Waals surface area contributed by atoms with Crippen molar-refractivity contribution in [2.24, 2.45) is 0 Å². The maximum absolute atomic E-state index is 11.8. The molecule has 1 aliphatic heterocycles. The topological polar surface area (TPSA) is 113 Å². The number of nitrogens with zero attached hydrogens (tertiary/aromatic N) is 2. The summed E-state index contributed by atoms with van der Waals surface area (Å²) in [6, 6.07) is 3.66. The van der Waals surface area contributed by atoms with Crippen LogP contribution in [0.25, 0.3) is 0 Å². The summed E-state index contributed by atoms with van der Waals surface area (Å²) in [7, 11) is -2.49. The van der Waals surface area contributed by atoms with Crippen molar-refractivity contribution in [3.63, 3.8) is 0 Å². The van der Waals surface area contributed by atoms with Crippen LogP contribution >= 0.6 is 0 Å². The van der Waals surface area contributed by atoms with Gasteiger partial charge in [-0.3, -0.25) is 10.1 Å². The molecule has 0 radical (unpaired) electrons. The van der Waals surface area contributed by atoms with E-state index in [0.29, 0.717) is 12.2 Å². The van der Waals surface area contributed by atoms with Gasteiger partial charge in [0.1, 0.15) is 5.69 Å². The van der Waals surface area contributed by atoms with Gasteiger partial charge in [0, 0.05) is 12.6 Å². The molecule has 22 heavy (non-hydrogen) atoms. The molecule has 1 unspecified atom stereocenters. The summed E-state index contributed by atoms with van der Waals surface area (Å²) in [6.07, 6.45) is 2.59. The number of hydrogen-bond donors (Lipinski definition) is 2. The fourth-order valence-electron chi connectivity index (χ4n) is 2.68. The zero-order chi connectivity index (χ0) is 16.3. The van der Waals surface area contributed by atoms with Crippen molar-refractivity contribution in [2.75, 3.05) is 25.1 Å². The second kappa shape index (κ2) is 6.59. The summed E-state index contributed by atoms with van der Waals surface area (Å²) < 4.78 is 25.7. The molecular weight excluding hydrogens is 310 g/mol. The molecule has 0 saturated carbocycles. The molecule has 0 amide bonds. The van der Waals surface area contributed by atoms with Crippen LogP contribution in [0.4, 0.5) is 11.4 Å². The van der Waals surface area contributed by atoms with Gasteiger partial charge in [-0.1, -0.05) is 0 Å². The first-order valence-corrected chi connectivity index (χ1v) is 8.48. The first-order chi connectivity index (χ1) is 10.4. The molecule has 1 aromatic carbocycles. The Morgan fingerprint density at radius 3 is 2.77 bits per heavy atom. The van der Waals surface area contributed by atoms with Gasteiger partial charge in [-0.25, -0.2) is 13.1 Å². The quantitative estimate of drug-likeness (QED) is 0.612. The number of nitro groups is 1. The molecule has 1 saturated heterocycles. The molecule has 1 fully saturated rings. The zero-order valence-electron chi connectivity index (χ0n) is 12.2. The molecule has 0 bridgehead atoms. The number of piperidine rings is 1. The summed E-state index contributed by atoms with van der Waals surface area (Å²) in [5.74, 6) is 0. The summed E-state index contributed by atoms with van der Waals surface area (Å²) in [6.45, 7) is 0.512. The maximum atomic E-state index is 11.8. The van der Waals surface area contributed by atoms with Crippen molar-refractivity contribution in [2.45, 2.75) is 30.2 Å². The number of nitrogens with one attached hydrogen (secondary N) is 1. The van der Waals surface area contributed by atoms with Gasteiger partial charge in [-0.15, -0.1) is 0 Å². The minimum atomic E-state index is -3.74. The van der Waals surface area contributed by atoms with Crippen molar-refractivity contribution < 1.29 is 18.4 Å². The molecule has 122 valence electrons. The number of sulfonamides is 1. The summed E-state index contributed by atoms with van der Waals surface area (Å²) in [5.41, 5.74) is 0.0791. The smallest absolute Gasteiger partial charge is 0.293 e. The van der Waals surface area contributed by atoms with E-state index in [1.807, 2.05) is 0 Å². The molecule has 0 aliphatic carbocycles. The van der Waals surface area contributed by atoms with E-state index in [1.54, 1.807) is 4.90 Å². The third kappa shape index (κ3) is 3.21. The number of rotatable bonds is 5. The molecule has 0 spiro atoms. The van der Waals surface area contributed by atoms with Crippen LogP contribution in [-0.2, 0) is 10.0 Å². The summed E-state index contributed by atoms with van der Waals surface area (Å²) in [4.78, 5) is 12.4. The van der Waals surface area contributed by atoms with Crippen LogP contribution < -0.4 is 9.62 Å². The molecule has 1 aliphatic rings. The van der Waals surface area contributed by atoms with E-state index in [1.165, 1.54) is 19.2 Å². The van der Waals surface area contributed by atoms with Crippen LogP contribution in [0, 0.1) is 10.1 Å². The third-order valence-electron chi connectivity index (χ3n) is 3.87. The van der Waals surface area contributed by atoms with E-state index >= 15 is 0 Å². The molecule has 1 atom stereocenters. The number of nitro benzene ring substituents is 1. The Labute approximate surface area is 128 Å². The number of anilines is 1. The van der Waals surface area contributed by atoms with E-state index in [4.69, 9.17) is 0 Å². The Bertz CT molecular complexity index is 662. The Hall–Kier alpha value is -1.71. The van der Waals surface area contributed by atoms with Crippen LogP contribution in [0.3, 0.4) is 0 Å².